The zero-order chi connectivity index (χ0) is 17.4. The normalized spacial score (nSPS) is 21.0. The van der Waals surface area contributed by atoms with E-state index in [4.69, 9.17) is 9.72 Å². The SMILES string of the molecule is CCC1CN(c2nc3c(cnn3-c3ccccc3)c(=O)[nH]2)CC(C)O1. The molecule has 0 spiro atoms. The van der Waals surface area contributed by atoms with Gasteiger partial charge in [0.05, 0.1) is 24.1 Å². The molecule has 2 unspecified atom stereocenters. The van der Waals surface area contributed by atoms with Crippen molar-refractivity contribution in [2.45, 2.75) is 32.5 Å². The minimum absolute atomic E-state index is 0.0960. The topological polar surface area (TPSA) is 76.0 Å². The third-order valence-electron chi connectivity index (χ3n) is 4.51. The highest BCUT2D eigenvalue weighted by Gasteiger charge is 2.26. The number of aromatic amines is 1. The highest BCUT2D eigenvalue weighted by atomic mass is 16.5. The van der Waals surface area contributed by atoms with Crippen molar-refractivity contribution in [3.05, 3.63) is 46.9 Å². The molecule has 130 valence electrons. The van der Waals surface area contributed by atoms with Crippen LogP contribution in [0.25, 0.3) is 16.7 Å². The molecule has 7 nitrogen and oxygen atoms in total. The summed E-state index contributed by atoms with van der Waals surface area (Å²) in [6.07, 6.45) is 2.73. The van der Waals surface area contributed by atoms with Crippen LogP contribution in [-0.4, -0.2) is 45.0 Å². The Kier molecular flexibility index (Phi) is 4.01. The molecule has 3 aromatic rings. The first-order valence-corrected chi connectivity index (χ1v) is 8.59. The highest BCUT2D eigenvalue weighted by Crippen LogP contribution is 2.20. The minimum atomic E-state index is -0.172. The van der Waals surface area contributed by atoms with E-state index in [2.05, 4.69) is 21.9 Å². The van der Waals surface area contributed by atoms with Crippen molar-refractivity contribution in [1.29, 1.82) is 0 Å². The van der Waals surface area contributed by atoms with Crippen LogP contribution in [0.2, 0.25) is 0 Å². The van der Waals surface area contributed by atoms with Gasteiger partial charge in [0.25, 0.3) is 5.56 Å². The van der Waals surface area contributed by atoms with Gasteiger partial charge in [-0.3, -0.25) is 9.78 Å². The van der Waals surface area contributed by atoms with E-state index in [1.165, 1.54) is 0 Å². The molecule has 4 rings (SSSR count). The van der Waals surface area contributed by atoms with Gasteiger partial charge in [-0.25, -0.2) is 4.68 Å². The summed E-state index contributed by atoms with van der Waals surface area (Å²) in [6.45, 7) is 5.56. The summed E-state index contributed by atoms with van der Waals surface area (Å²) in [5.41, 5.74) is 1.27. The lowest BCUT2D eigenvalue weighted by Gasteiger charge is -2.36. The molecular formula is C18H21N5O2. The number of anilines is 1. The van der Waals surface area contributed by atoms with Crippen molar-refractivity contribution in [3.63, 3.8) is 0 Å². The highest BCUT2D eigenvalue weighted by molar-refractivity contribution is 5.76. The Morgan fingerprint density at radius 3 is 2.84 bits per heavy atom. The fourth-order valence-corrected chi connectivity index (χ4v) is 3.26. The number of hydrogen-bond donors (Lipinski definition) is 1. The second-order valence-corrected chi connectivity index (χ2v) is 6.40. The van der Waals surface area contributed by atoms with Gasteiger partial charge in [-0.1, -0.05) is 25.1 Å². The zero-order valence-corrected chi connectivity index (χ0v) is 14.3. The number of para-hydroxylation sites is 1. The van der Waals surface area contributed by atoms with Crippen LogP contribution in [0.15, 0.2) is 41.3 Å². The van der Waals surface area contributed by atoms with Gasteiger partial charge < -0.3 is 9.64 Å². The van der Waals surface area contributed by atoms with Gasteiger partial charge in [0.15, 0.2) is 5.65 Å². The average molecular weight is 339 g/mol. The summed E-state index contributed by atoms with van der Waals surface area (Å²) in [5.74, 6) is 0.573. The van der Waals surface area contributed by atoms with Gasteiger partial charge in [0, 0.05) is 13.1 Å². The monoisotopic (exact) mass is 339 g/mol. The number of benzene rings is 1. The maximum Gasteiger partial charge on any atom is 0.263 e. The van der Waals surface area contributed by atoms with Crippen LogP contribution in [0.1, 0.15) is 20.3 Å². The number of nitrogens with one attached hydrogen (secondary N) is 1. The molecule has 0 radical (unpaired) electrons. The lowest BCUT2D eigenvalue weighted by Crippen LogP contribution is -2.47. The first-order chi connectivity index (χ1) is 12.2. The van der Waals surface area contributed by atoms with E-state index < -0.39 is 0 Å². The first kappa shape index (κ1) is 15.8. The summed E-state index contributed by atoms with van der Waals surface area (Å²) in [5, 5.41) is 4.84. The number of nitrogens with zero attached hydrogens (tertiary/aromatic N) is 4. The molecule has 2 atom stereocenters. The van der Waals surface area contributed by atoms with Crippen molar-refractivity contribution >= 4 is 17.0 Å². The molecule has 7 heteroatoms. The van der Waals surface area contributed by atoms with Crippen LogP contribution in [0.4, 0.5) is 5.95 Å². The fourth-order valence-electron chi connectivity index (χ4n) is 3.26. The van der Waals surface area contributed by atoms with Crippen molar-refractivity contribution in [3.8, 4) is 5.69 Å². The summed E-state index contributed by atoms with van der Waals surface area (Å²) in [6, 6.07) is 9.71. The Bertz CT molecular complexity index is 934. The van der Waals surface area contributed by atoms with E-state index in [1.54, 1.807) is 10.9 Å². The van der Waals surface area contributed by atoms with Crippen LogP contribution in [0.5, 0.6) is 0 Å². The summed E-state index contributed by atoms with van der Waals surface area (Å²) in [4.78, 5) is 22.2. The van der Waals surface area contributed by atoms with Crippen LogP contribution in [0.3, 0.4) is 0 Å². The van der Waals surface area contributed by atoms with Crippen LogP contribution in [0, 0.1) is 0 Å². The van der Waals surface area contributed by atoms with Crippen LogP contribution >= 0.6 is 0 Å². The maximum atomic E-state index is 12.5. The Balaban J connectivity index is 1.80. The molecular weight excluding hydrogens is 318 g/mol. The fraction of sp³-hybridized carbons (Fsp3) is 0.389. The number of ether oxygens (including phenoxy) is 1. The molecule has 0 bridgehead atoms. The molecule has 0 saturated carbocycles. The largest absolute Gasteiger partial charge is 0.372 e. The smallest absolute Gasteiger partial charge is 0.263 e. The first-order valence-electron chi connectivity index (χ1n) is 8.59. The van der Waals surface area contributed by atoms with E-state index in [0.29, 0.717) is 23.5 Å². The molecule has 3 heterocycles. The van der Waals surface area contributed by atoms with Gasteiger partial charge in [-0.15, -0.1) is 0 Å². The number of rotatable bonds is 3. The van der Waals surface area contributed by atoms with Gasteiger partial charge in [0.2, 0.25) is 5.95 Å². The molecule has 2 aromatic heterocycles. The number of aromatic nitrogens is 4. The standard InChI is InChI=1S/C18H21N5O2/c1-3-14-11-22(10-12(2)25-14)18-20-16-15(17(24)21-18)9-19-23(16)13-7-5-4-6-8-13/h4-9,12,14H,3,10-11H2,1-2H3,(H,20,21,24). The Morgan fingerprint density at radius 1 is 1.28 bits per heavy atom. The molecule has 1 aliphatic rings. The second kappa shape index (κ2) is 6.33. The zero-order valence-electron chi connectivity index (χ0n) is 14.3. The molecule has 25 heavy (non-hydrogen) atoms. The second-order valence-electron chi connectivity index (χ2n) is 6.40. The lowest BCUT2D eigenvalue weighted by molar-refractivity contribution is -0.0177. The van der Waals surface area contributed by atoms with Crippen LogP contribution in [-0.2, 0) is 4.74 Å². The van der Waals surface area contributed by atoms with Gasteiger partial charge in [-0.2, -0.15) is 10.1 Å². The predicted octanol–water partition coefficient (Wildman–Crippen LogP) is 2.11. The lowest BCUT2D eigenvalue weighted by atomic mass is 10.2. The van der Waals surface area contributed by atoms with Crippen molar-refractivity contribution in [2.24, 2.45) is 0 Å². The predicted molar refractivity (Wildman–Crippen MR) is 96.3 cm³/mol. The van der Waals surface area contributed by atoms with E-state index >= 15 is 0 Å². The summed E-state index contributed by atoms with van der Waals surface area (Å²) >= 11 is 0. The average Bonchev–Trinajstić information content (AvgIpc) is 3.06. The van der Waals surface area contributed by atoms with E-state index in [1.807, 2.05) is 37.3 Å². The van der Waals surface area contributed by atoms with E-state index in [9.17, 15) is 4.79 Å². The number of fused-ring (bicyclic) bond motifs is 1. The number of hydrogen-bond acceptors (Lipinski definition) is 5. The van der Waals surface area contributed by atoms with E-state index in [-0.39, 0.29) is 17.8 Å². The summed E-state index contributed by atoms with van der Waals surface area (Å²) < 4.78 is 7.61. The molecule has 0 aliphatic carbocycles. The van der Waals surface area contributed by atoms with Crippen molar-refractivity contribution in [1.82, 2.24) is 19.7 Å². The van der Waals surface area contributed by atoms with E-state index in [0.717, 1.165) is 18.7 Å². The van der Waals surface area contributed by atoms with Gasteiger partial charge in [-0.05, 0) is 25.5 Å². The van der Waals surface area contributed by atoms with Crippen molar-refractivity contribution in [2.75, 3.05) is 18.0 Å². The van der Waals surface area contributed by atoms with Crippen LogP contribution < -0.4 is 10.5 Å². The molecule has 1 N–H and O–H groups in total. The van der Waals surface area contributed by atoms with Gasteiger partial charge >= 0.3 is 0 Å². The maximum absolute atomic E-state index is 12.5. The quantitative estimate of drug-likeness (QED) is 0.791. The summed E-state index contributed by atoms with van der Waals surface area (Å²) in [7, 11) is 0. The Hall–Kier alpha value is -2.67. The molecule has 1 fully saturated rings. The Labute approximate surface area is 145 Å². The molecule has 1 saturated heterocycles. The number of morpholine rings is 1. The Morgan fingerprint density at radius 2 is 2.08 bits per heavy atom. The molecule has 0 amide bonds. The number of H-pyrrole nitrogens is 1. The van der Waals surface area contributed by atoms with Gasteiger partial charge in [0.1, 0.15) is 5.39 Å². The molecule has 1 aromatic carbocycles. The molecule has 1 aliphatic heterocycles. The minimum Gasteiger partial charge on any atom is -0.372 e. The van der Waals surface area contributed by atoms with Crippen molar-refractivity contribution < 1.29 is 4.74 Å². The third-order valence-corrected chi connectivity index (χ3v) is 4.51. The third kappa shape index (κ3) is 2.91.